The van der Waals surface area contributed by atoms with Crippen LogP contribution in [0, 0.1) is 11.3 Å². The number of nitrogens with one attached hydrogen (secondary N) is 2. The quantitative estimate of drug-likeness (QED) is 0.851. The summed E-state index contributed by atoms with van der Waals surface area (Å²) in [5, 5.41) is 12.0. The molecule has 0 bridgehead atoms. The molecule has 1 saturated heterocycles. The summed E-state index contributed by atoms with van der Waals surface area (Å²) in [4.78, 5) is 0. The largest absolute Gasteiger partial charge is 0.315 e. The Balaban J connectivity index is 2.01. The Morgan fingerprint density at radius 3 is 3.00 bits per heavy atom. The third-order valence-electron chi connectivity index (χ3n) is 3.06. The molecule has 2 rings (SSSR count). The summed E-state index contributed by atoms with van der Waals surface area (Å²) in [6, 6.07) is 8.67. The highest BCUT2D eigenvalue weighted by Gasteiger charge is 2.20. The lowest BCUT2D eigenvalue weighted by Gasteiger charge is -2.23. The number of hydrogen-bond donors (Lipinski definition) is 2. The van der Waals surface area contributed by atoms with E-state index in [0.29, 0.717) is 17.7 Å². The number of piperidine rings is 1. The second-order valence-corrected chi connectivity index (χ2v) is 6.49. The Labute approximate surface area is 113 Å². The van der Waals surface area contributed by atoms with Crippen molar-refractivity contribution in [3.05, 3.63) is 35.4 Å². The number of rotatable bonds is 4. The van der Waals surface area contributed by atoms with Gasteiger partial charge in [-0.2, -0.15) is 5.26 Å². The molecule has 0 radical (unpaired) electrons. The Morgan fingerprint density at radius 1 is 1.47 bits per heavy atom. The van der Waals surface area contributed by atoms with Crippen molar-refractivity contribution in [1.82, 2.24) is 10.0 Å². The van der Waals surface area contributed by atoms with Gasteiger partial charge in [0.2, 0.25) is 10.0 Å². The molecule has 1 heterocycles. The van der Waals surface area contributed by atoms with Crippen molar-refractivity contribution in [2.75, 3.05) is 13.1 Å². The fourth-order valence-electron chi connectivity index (χ4n) is 2.20. The van der Waals surface area contributed by atoms with Gasteiger partial charge in [-0.3, -0.25) is 0 Å². The maximum absolute atomic E-state index is 12.0. The van der Waals surface area contributed by atoms with Crippen molar-refractivity contribution in [1.29, 1.82) is 5.26 Å². The first-order valence-electron chi connectivity index (χ1n) is 6.29. The van der Waals surface area contributed by atoms with Crippen molar-refractivity contribution in [3.63, 3.8) is 0 Å². The zero-order valence-electron chi connectivity index (χ0n) is 10.6. The Hall–Kier alpha value is -1.42. The molecule has 19 heavy (non-hydrogen) atoms. The van der Waals surface area contributed by atoms with Gasteiger partial charge in [0, 0.05) is 12.6 Å². The van der Waals surface area contributed by atoms with Crippen LogP contribution in [-0.2, 0) is 15.8 Å². The average Bonchev–Trinajstić information content (AvgIpc) is 2.39. The van der Waals surface area contributed by atoms with Crippen LogP contribution in [0.5, 0.6) is 0 Å². The van der Waals surface area contributed by atoms with Crippen molar-refractivity contribution in [3.8, 4) is 6.07 Å². The molecule has 0 amide bonds. The smallest absolute Gasteiger partial charge is 0.216 e. The van der Waals surface area contributed by atoms with Crippen molar-refractivity contribution >= 4 is 10.0 Å². The van der Waals surface area contributed by atoms with Crippen LogP contribution >= 0.6 is 0 Å². The van der Waals surface area contributed by atoms with Crippen LogP contribution in [0.3, 0.4) is 0 Å². The van der Waals surface area contributed by atoms with Crippen molar-refractivity contribution in [2.24, 2.45) is 0 Å². The molecule has 102 valence electrons. The van der Waals surface area contributed by atoms with E-state index in [-0.39, 0.29) is 11.8 Å². The summed E-state index contributed by atoms with van der Waals surface area (Å²) >= 11 is 0. The standard InChI is InChI=1S/C13H17N3O2S/c14-8-11-3-1-4-12(7-11)10-19(17,18)16-13-5-2-6-15-9-13/h1,3-4,7,13,15-16H,2,5-6,9-10H2/t13-/m1/s1. The van der Waals surface area contributed by atoms with E-state index in [0.717, 1.165) is 19.4 Å². The van der Waals surface area contributed by atoms with Gasteiger partial charge in [0.1, 0.15) is 0 Å². The van der Waals surface area contributed by atoms with E-state index < -0.39 is 10.0 Å². The lowest BCUT2D eigenvalue weighted by molar-refractivity contribution is 0.428. The SMILES string of the molecule is N#Cc1cccc(CS(=O)(=O)N[C@@H]2CCCNC2)c1. The van der Waals surface area contributed by atoms with Crippen molar-refractivity contribution < 1.29 is 8.42 Å². The third-order valence-corrected chi connectivity index (χ3v) is 4.46. The fourth-order valence-corrected chi connectivity index (χ4v) is 3.61. The molecule has 0 aliphatic carbocycles. The van der Waals surface area contributed by atoms with Gasteiger partial charge in [-0.1, -0.05) is 12.1 Å². The van der Waals surface area contributed by atoms with E-state index >= 15 is 0 Å². The molecule has 5 nitrogen and oxygen atoms in total. The molecule has 0 saturated carbocycles. The summed E-state index contributed by atoms with van der Waals surface area (Å²) in [5.41, 5.74) is 1.11. The van der Waals surface area contributed by atoms with Gasteiger partial charge in [-0.15, -0.1) is 0 Å². The zero-order valence-corrected chi connectivity index (χ0v) is 11.4. The number of hydrogen-bond acceptors (Lipinski definition) is 4. The van der Waals surface area contributed by atoms with E-state index in [9.17, 15) is 8.42 Å². The topological polar surface area (TPSA) is 82.0 Å². The van der Waals surface area contributed by atoms with Crippen LogP contribution in [0.4, 0.5) is 0 Å². The molecular weight excluding hydrogens is 262 g/mol. The Bertz CT molecular complexity index is 572. The Morgan fingerprint density at radius 2 is 2.32 bits per heavy atom. The average molecular weight is 279 g/mol. The first-order valence-corrected chi connectivity index (χ1v) is 7.94. The van der Waals surface area contributed by atoms with Crippen LogP contribution in [0.25, 0.3) is 0 Å². The molecule has 0 unspecified atom stereocenters. The van der Waals surface area contributed by atoms with E-state index in [2.05, 4.69) is 10.0 Å². The number of nitrogens with zero attached hydrogens (tertiary/aromatic N) is 1. The van der Waals surface area contributed by atoms with Gasteiger partial charge in [0.05, 0.1) is 17.4 Å². The third kappa shape index (κ3) is 4.31. The molecule has 1 aromatic rings. The van der Waals surface area contributed by atoms with Gasteiger partial charge in [-0.05, 0) is 37.1 Å². The molecule has 0 spiro atoms. The summed E-state index contributed by atoms with van der Waals surface area (Å²) < 4.78 is 26.8. The van der Waals surface area contributed by atoms with Crippen LogP contribution in [0.2, 0.25) is 0 Å². The van der Waals surface area contributed by atoms with E-state index in [1.54, 1.807) is 24.3 Å². The molecule has 0 aromatic heterocycles. The molecular formula is C13H17N3O2S. The number of benzene rings is 1. The summed E-state index contributed by atoms with van der Waals surface area (Å²) in [7, 11) is -3.36. The van der Waals surface area contributed by atoms with Gasteiger partial charge >= 0.3 is 0 Å². The first-order chi connectivity index (χ1) is 9.09. The van der Waals surface area contributed by atoms with Crippen LogP contribution in [-0.4, -0.2) is 27.5 Å². The van der Waals surface area contributed by atoms with E-state index in [4.69, 9.17) is 5.26 Å². The highest BCUT2D eigenvalue weighted by Crippen LogP contribution is 2.10. The lowest BCUT2D eigenvalue weighted by atomic mass is 10.1. The maximum atomic E-state index is 12.0. The minimum atomic E-state index is -3.36. The van der Waals surface area contributed by atoms with Gasteiger partial charge in [-0.25, -0.2) is 13.1 Å². The van der Waals surface area contributed by atoms with Gasteiger partial charge in [0.25, 0.3) is 0 Å². The van der Waals surface area contributed by atoms with E-state index in [1.165, 1.54) is 0 Å². The minimum absolute atomic E-state index is 0.0297. The number of nitriles is 1. The van der Waals surface area contributed by atoms with E-state index in [1.807, 2.05) is 6.07 Å². The molecule has 1 aliphatic heterocycles. The van der Waals surface area contributed by atoms with Crippen LogP contribution in [0.15, 0.2) is 24.3 Å². The molecule has 2 N–H and O–H groups in total. The molecule has 1 fully saturated rings. The Kier molecular flexibility index (Phi) is 4.53. The summed E-state index contributed by atoms with van der Waals surface area (Å²) in [5.74, 6) is -0.0843. The monoisotopic (exact) mass is 279 g/mol. The molecule has 1 atom stereocenters. The predicted molar refractivity (Wildman–Crippen MR) is 72.8 cm³/mol. The second-order valence-electron chi connectivity index (χ2n) is 4.73. The zero-order chi connectivity index (χ0) is 13.7. The molecule has 6 heteroatoms. The molecule has 1 aromatic carbocycles. The van der Waals surface area contributed by atoms with Gasteiger partial charge < -0.3 is 5.32 Å². The normalized spacial score (nSPS) is 19.8. The second kappa shape index (κ2) is 6.15. The predicted octanol–water partition coefficient (Wildman–Crippen LogP) is 0.730. The highest BCUT2D eigenvalue weighted by molar-refractivity contribution is 7.88. The summed E-state index contributed by atoms with van der Waals surface area (Å²) in [6.45, 7) is 1.62. The van der Waals surface area contributed by atoms with Crippen LogP contribution in [0.1, 0.15) is 24.0 Å². The molecule has 1 aliphatic rings. The van der Waals surface area contributed by atoms with Crippen molar-refractivity contribution in [2.45, 2.75) is 24.6 Å². The lowest BCUT2D eigenvalue weighted by Crippen LogP contribution is -2.45. The maximum Gasteiger partial charge on any atom is 0.216 e. The number of sulfonamides is 1. The minimum Gasteiger partial charge on any atom is -0.315 e. The highest BCUT2D eigenvalue weighted by atomic mass is 32.2. The van der Waals surface area contributed by atoms with Gasteiger partial charge in [0.15, 0.2) is 0 Å². The first kappa shape index (κ1) is 14.0. The van der Waals surface area contributed by atoms with Crippen LogP contribution < -0.4 is 10.0 Å². The summed E-state index contributed by atoms with van der Waals surface area (Å²) in [6.07, 6.45) is 1.85. The fraction of sp³-hybridized carbons (Fsp3) is 0.462.